The molecular weight excluding hydrogens is 280 g/mol. The first-order valence-electron chi connectivity index (χ1n) is 4.24. The molecule has 2 aliphatic rings. The van der Waals surface area contributed by atoms with Crippen LogP contribution in [0.2, 0.25) is 0 Å². The predicted octanol–water partition coefficient (Wildman–Crippen LogP) is 5.60. The fraction of sp³-hybridized carbons (Fsp3) is 0. The lowest BCUT2D eigenvalue weighted by Gasteiger charge is -2.00. The second-order valence-electron chi connectivity index (χ2n) is 2.76. The van der Waals surface area contributed by atoms with Crippen LogP contribution in [0.15, 0.2) is 42.2 Å². The topological polar surface area (TPSA) is 0 Å². The van der Waals surface area contributed by atoms with E-state index < -0.39 is 0 Å². The summed E-state index contributed by atoms with van der Waals surface area (Å²) in [6.07, 6.45) is 0. The maximum absolute atomic E-state index is 2.26. The van der Waals surface area contributed by atoms with Crippen molar-refractivity contribution < 1.29 is 0 Å². The summed E-state index contributed by atoms with van der Waals surface area (Å²) in [7, 11) is 0. The molecule has 0 spiro atoms. The zero-order valence-electron chi connectivity index (χ0n) is 7.51. The molecule has 0 aromatic carbocycles. The molecule has 0 N–H and O–H groups in total. The normalized spacial score (nSPS) is 20.1. The Bertz CT molecular complexity index is 442. The van der Waals surface area contributed by atoms with E-state index in [1.165, 1.54) is 18.3 Å². The summed E-state index contributed by atoms with van der Waals surface area (Å²) in [5.41, 5.74) is 0. The molecule has 0 atom stereocenters. The lowest BCUT2D eigenvalue weighted by atomic mass is 10.5. The van der Waals surface area contributed by atoms with E-state index in [0.29, 0.717) is 0 Å². The van der Waals surface area contributed by atoms with Crippen molar-refractivity contribution >= 4 is 63.3 Å². The third-order valence-electron chi connectivity index (χ3n) is 1.81. The molecule has 5 heteroatoms. The molecule has 1 aromatic heterocycles. The Labute approximate surface area is 110 Å². The average Bonchev–Trinajstić information content (AvgIpc) is 3.02. The highest BCUT2D eigenvalue weighted by Crippen LogP contribution is 2.55. The van der Waals surface area contributed by atoms with E-state index in [-0.39, 0.29) is 0 Å². The average molecular weight is 286 g/mol. The zero-order valence-corrected chi connectivity index (χ0v) is 11.6. The van der Waals surface area contributed by atoms with E-state index in [9.17, 15) is 0 Å². The molecule has 0 bridgehead atoms. The van der Waals surface area contributed by atoms with Gasteiger partial charge >= 0.3 is 0 Å². The van der Waals surface area contributed by atoms with Gasteiger partial charge in [-0.05, 0) is 27.7 Å². The van der Waals surface area contributed by atoms with Crippen molar-refractivity contribution in [2.45, 2.75) is 0 Å². The fourth-order valence-electron chi connectivity index (χ4n) is 1.18. The van der Waals surface area contributed by atoms with E-state index >= 15 is 0 Å². The fourth-order valence-corrected chi connectivity index (χ4v) is 6.54. The summed E-state index contributed by atoms with van der Waals surface area (Å²) < 4.78 is 2.85. The van der Waals surface area contributed by atoms with Crippen molar-refractivity contribution in [2.24, 2.45) is 0 Å². The van der Waals surface area contributed by atoms with Gasteiger partial charge in [-0.25, -0.2) is 0 Å². The van der Waals surface area contributed by atoms with Crippen LogP contribution < -0.4 is 0 Å². The number of hydrogen-bond donors (Lipinski definition) is 0. The van der Waals surface area contributed by atoms with Crippen LogP contribution in [0, 0.1) is 0 Å². The van der Waals surface area contributed by atoms with Crippen LogP contribution in [0.5, 0.6) is 0 Å². The lowest BCUT2D eigenvalue weighted by Crippen LogP contribution is -1.68. The Kier molecular flexibility index (Phi) is 3.26. The van der Waals surface area contributed by atoms with Crippen molar-refractivity contribution in [3.63, 3.8) is 0 Å². The van der Waals surface area contributed by atoms with Crippen molar-refractivity contribution in [3.8, 4) is 0 Å². The van der Waals surface area contributed by atoms with Gasteiger partial charge in [-0.3, -0.25) is 0 Å². The monoisotopic (exact) mass is 286 g/mol. The Balaban J connectivity index is 1.80. The highest BCUT2D eigenvalue weighted by Gasteiger charge is 2.19. The maximum atomic E-state index is 2.26. The van der Waals surface area contributed by atoms with Crippen LogP contribution >= 0.6 is 58.4 Å². The minimum absolute atomic E-state index is 1.38. The van der Waals surface area contributed by atoms with Gasteiger partial charge < -0.3 is 0 Å². The Morgan fingerprint density at radius 1 is 0.933 bits per heavy atom. The molecule has 0 amide bonds. The summed E-state index contributed by atoms with van der Waals surface area (Å²) in [5, 5.41) is 8.69. The molecule has 2 aliphatic heterocycles. The van der Waals surface area contributed by atoms with Crippen LogP contribution in [0.3, 0.4) is 0 Å². The standard InChI is InChI=1S/C10H6S5/c1-2-7(11-3-1)8-6-14-10(15-8)9-12-4-5-13-9/h1-6H. The van der Waals surface area contributed by atoms with Gasteiger partial charge in [-0.1, -0.05) is 53.1 Å². The van der Waals surface area contributed by atoms with Gasteiger partial charge in [0.2, 0.25) is 0 Å². The van der Waals surface area contributed by atoms with E-state index in [4.69, 9.17) is 0 Å². The summed E-state index contributed by atoms with van der Waals surface area (Å²) in [5.74, 6) is 0. The highest BCUT2D eigenvalue weighted by molar-refractivity contribution is 8.35. The molecule has 3 rings (SSSR count). The molecule has 0 saturated heterocycles. The molecule has 1 aromatic rings. The molecule has 3 heterocycles. The second-order valence-corrected chi connectivity index (χ2v) is 7.99. The molecule has 15 heavy (non-hydrogen) atoms. The summed E-state index contributed by atoms with van der Waals surface area (Å²) >= 11 is 9.22. The second kappa shape index (κ2) is 4.67. The van der Waals surface area contributed by atoms with Crippen molar-refractivity contribution in [1.82, 2.24) is 0 Å². The van der Waals surface area contributed by atoms with E-state index in [1.807, 2.05) is 58.4 Å². The Morgan fingerprint density at radius 2 is 1.80 bits per heavy atom. The molecule has 0 radical (unpaired) electrons. The third kappa shape index (κ3) is 2.22. The summed E-state index contributed by atoms with van der Waals surface area (Å²) in [6, 6.07) is 4.29. The molecule has 76 valence electrons. The van der Waals surface area contributed by atoms with Crippen molar-refractivity contribution in [2.75, 3.05) is 0 Å². The van der Waals surface area contributed by atoms with Gasteiger partial charge in [-0.2, -0.15) is 0 Å². The third-order valence-corrected chi connectivity index (χ3v) is 7.90. The summed E-state index contributed by atoms with van der Waals surface area (Å²) in [4.78, 5) is 2.77. The molecule has 0 saturated carbocycles. The van der Waals surface area contributed by atoms with E-state index in [0.717, 1.165) is 0 Å². The van der Waals surface area contributed by atoms with E-state index in [2.05, 4.69) is 33.7 Å². The Morgan fingerprint density at radius 3 is 2.53 bits per heavy atom. The van der Waals surface area contributed by atoms with Crippen molar-refractivity contribution in [1.29, 1.82) is 0 Å². The Hall–Kier alpha value is 0.320. The molecule has 0 aliphatic carbocycles. The van der Waals surface area contributed by atoms with Gasteiger partial charge in [0.25, 0.3) is 0 Å². The zero-order chi connectivity index (χ0) is 10.1. The van der Waals surface area contributed by atoms with Gasteiger partial charge in [0, 0.05) is 9.78 Å². The van der Waals surface area contributed by atoms with Crippen LogP contribution in [-0.4, -0.2) is 0 Å². The van der Waals surface area contributed by atoms with Crippen molar-refractivity contribution in [3.05, 3.63) is 47.1 Å². The maximum Gasteiger partial charge on any atom is 0.0700 e. The van der Waals surface area contributed by atoms with Gasteiger partial charge in [0.05, 0.1) is 8.47 Å². The van der Waals surface area contributed by atoms with Gasteiger partial charge in [-0.15, -0.1) is 11.3 Å². The lowest BCUT2D eigenvalue weighted by molar-refractivity contribution is 1.95. The number of hydrogen-bond acceptors (Lipinski definition) is 5. The first-order valence-corrected chi connectivity index (χ1v) is 8.58. The molecule has 0 fully saturated rings. The number of thiophene rings is 1. The number of thioether (sulfide) groups is 4. The first-order chi connectivity index (χ1) is 7.43. The molecular formula is C10H6S5. The van der Waals surface area contributed by atoms with Crippen LogP contribution in [0.25, 0.3) is 4.91 Å². The van der Waals surface area contributed by atoms with Crippen LogP contribution in [-0.2, 0) is 0 Å². The SMILES string of the molecule is C1=CSC(=C2SC=C(c3cccs3)S2)S1. The quantitative estimate of drug-likeness (QED) is 0.658. The minimum atomic E-state index is 1.38. The minimum Gasteiger partial charge on any atom is -0.143 e. The van der Waals surface area contributed by atoms with Gasteiger partial charge in [0.1, 0.15) is 0 Å². The smallest absolute Gasteiger partial charge is 0.0700 e. The van der Waals surface area contributed by atoms with Crippen LogP contribution in [0.4, 0.5) is 0 Å². The highest BCUT2D eigenvalue weighted by atomic mass is 32.2. The predicted molar refractivity (Wildman–Crippen MR) is 78.8 cm³/mol. The molecule has 0 unspecified atom stereocenters. The first kappa shape index (κ1) is 10.5. The van der Waals surface area contributed by atoms with Gasteiger partial charge in [0.15, 0.2) is 0 Å². The van der Waals surface area contributed by atoms with Crippen LogP contribution in [0.1, 0.15) is 4.88 Å². The number of rotatable bonds is 1. The summed E-state index contributed by atoms with van der Waals surface area (Å²) in [6.45, 7) is 0. The molecule has 0 nitrogen and oxygen atoms in total. The van der Waals surface area contributed by atoms with E-state index in [1.54, 1.807) is 0 Å². The largest absolute Gasteiger partial charge is 0.143 e.